The first-order valence-corrected chi connectivity index (χ1v) is 6.70. The maximum Gasteiger partial charge on any atom is 0.262 e. The van der Waals surface area contributed by atoms with Crippen molar-refractivity contribution in [3.05, 3.63) is 20.8 Å². The molecule has 1 fully saturated rings. The molecule has 0 bridgehead atoms. The Morgan fingerprint density at radius 3 is 2.83 bits per heavy atom. The Labute approximate surface area is 122 Å². The summed E-state index contributed by atoms with van der Waals surface area (Å²) in [7, 11) is 0. The van der Waals surface area contributed by atoms with Crippen LogP contribution in [0.3, 0.4) is 0 Å². The van der Waals surface area contributed by atoms with Crippen molar-refractivity contribution in [2.45, 2.75) is 24.9 Å². The predicted octanol–water partition coefficient (Wildman–Crippen LogP) is 2.55. The Morgan fingerprint density at radius 1 is 1.61 bits per heavy atom. The van der Waals surface area contributed by atoms with E-state index in [1.54, 1.807) is 0 Å². The number of hydrogen-bond donors (Lipinski definition) is 2. The van der Waals surface area contributed by atoms with Crippen LogP contribution >= 0.6 is 39.7 Å². The van der Waals surface area contributed by atoms with Crippen LogP contribution < -0.4 is 10.6 Å². The minimum absolute atomic E-state index is 0. The second-order valence-corrected chi connectivity index (χ2v) is 6.46. The molecule has 1 atom stereocenters. The summed E-state index contributed by atoms with van der Waals surface area (Å²) < 4.78 is 26.7. The van der Waals surface area contributed by atoms with E-state index in [0.717, 1.165) is 8.66 Å². The summed E-state index contributed by atoms with van der Waals surface area (Å²) in [5.74, 6) is -3.14. The standard InChI is InChI=1S/C10H11BrF2N2OS.ClH/c11-8-2-1-6(17-8)4-14-9(16)7-3-10(12,13)5-15-7;/h1-2,7,15H,3-5H2,(H,14,16);1H. The maximum absolute atomic E-state index is 12.9. The third-order valence-electron chi connectivity index (χ3n) is 2.49. The number of halogens is 4. The molecular weight excluding hydrogens is 350 g/mol. The summed E-state index contributed by atoms with van der Waals surface area (Å²) in [4.78, 5) is 12.6. The van der Waals surface area contributed by atoms with Crippen LogP contribution in [0.1, 0.15) is 11.3 Å². The van der Waals surface area contributed by atoms with Gasteiger partial charge < -0.3 is 5.32 Å². The molecule has 0 saturated carbocycles. The van der Waals surface area contributed by atoms with Gasteiger partial charge in [0.1, 0.15) is 0 Å². The van der Waals surface area contributed by atoms with Crippen molar-refractivity contribution < 1.29 is 13.6 Å². The zero-order valence-corrected chi connectivity index (χ0v) is 12.4. The fourth-order valence-electron chi connectivity index (χ4n) is 1.65. The van der Waals surface area contributed by atoms with Gasteiger partial charge in [0, 0.05) is 11.3 Å². The molecule has 0 spiro atoms. The topological polar surface area (TPSA) is 41.1 Å². The highest BCUT2D eigenvalue weighted by molar-refractivity contribution is 9.11. The van der Waals surface area contributed by atoms with E-state index in [-0.39, 0.29) is 18.3 Å². The summed E-state index contributed by atoms with van der Waals surface area (Å²) in [6.07, 6.45) is -0.424. The molecule has 1 unspecified atom stereocenters. The number of hydrogen-bond acceptors (Lipinski definition) is 3. The van der Waals surface area contributed by atoms with E-state index in [1.807, 2.05) is 12.1 Å². The quantitative estimate of drug-likeness (QED) is 0.869. The van der Waals surface area contributed by atoms with Crippen LogP contribution in [0.2, 0.25) is 0 Å². The van der Waals surface area contributed by atoms with E-state index in [0.29, 0.717) is 6.54 Å². The molecule has 0 radical (unpaired) electrons. The van der Waals surface area contributed by atoms with Gasteiger partial charge in [-0.2, -0.15) is 0 Å². The van der Waals surface area contributed by atoms with Crippen LogP contribution in [-0.2, 0) is 11.3 Å². The van der Waals surface area contributed by atoms with Crippen molar-refractivity contribution in [2.24, 2.45) is 0 Å². The SMILES string of the molecule is Cl.O=C(NCc1ccc(Br)s1)C1CC(F)(F)CN1. The Balaban J connectivity index is 0.00000162. The van der Waals surface area contributed by atoms with Gasteiger partial charge in [-0.25, -0.2) is 8.78 Å². The molecule has 1 aliphatic heterocycles. The summed E-state index contributed by atoms with van der Waals surface area (Å²) >= 11 is 4.82. The molecular formula is C10H12BrClF2N2OS. The predicted molar refractivity (Wildman–Crippen MR) is 72.5 cm³/mol. The van der Waals surface area contributed by atoms with Gasteiger partial charge in [0.2, 0.25) is 5.91 Å². The lowest BCUT2D eigenvalue weighted by molar-refractivity contribution is -0.123. The lowest BCUT2D eigenvalue weighted by Gasteiger charge is -2.10. The molecule has 0 aliphatic carbocycles. The minimum atomic E-state index is -2.77. The Bertz CT molecular complexity index is 430. The Morgan fingerprint density at radius 2 is 2.33 bits per heavy atom. The molecule has 102 valence electrons. The summed E-state index contributed by atoms with van der Waals surface area (Å²) in [5, 5.41) is 5.17. The van der Waals surface area contributed by atoms with Gasteiger partial charge in [0.05, 0.1) is 22.9 Å². The van der Waals surface area contributed by atoms with Crippen LogP contribution in [0, 0.1) is 0 Å². The highest BCUT2D eigenvalue weighted by Gasteiger charge is 2.42. The molecule has 2 N–H and O–H groups in total. The van der Waals surface area contributed by atoms with E-state index in [4.69, 9.17) is 0 Å². The van der Waals surface area contributed by atoms with Crippen molar-refractivity contribution in [1.82, 2.24) is 10.6 Å². The van der Waals surface area contributed by atoms with E-state index < -0.39 is 24.9 Å². The molecule has 0 aromatic carbocycles. The number of thiophene rings is 1. The largest absolute Gasteiger partial charge is 0.350 e. The van der Waals surface area contributed by atoms with Gasteiger partial charge in [-0.1, -0.05) is 0 Å². The average molecular weight is 362 g/mol. The van der Waals surface area contributed by atoms with E-state index >= 15 is 0 Å². The van der Waals surface area contributed by atoms with Gasteiger partial charge in [-0.15, -0.1) is 23.7 Å². The van der Waals surface area contributed by atoms with E-state index in [9.17, 15) is 13.6 Å². The first kappa shape index (κ1) is 15.8. The number of amides is 1. The second kappa shape index (κ2) is 6.27. The third-order valence-corrected chi connectivity index (χ3v) is 4.12. The summed E-state index contributed by atoms with van der Waals surface area (Å²) in [6.45, 7) is -0.0471. The van der Waals surface area contributed by atoms with Crippen LogP contribution in [-0.4, -0.2) is 24.4 Å². The molecule has 8 heteroatoms. The lowest BCUT2D eigenvalue weighted by atomic mass is 10.2. The molecule has 1 aromatic heterocycles. The summed E-state index contributed by atoms with van der Waals surface area (Å²) in [5.41, 5.74) is 0. The van der Waals surface area contributed by atoms with Gasteiger partial charge >= 0.3 is 0 Å². The third kappa shape index (κ3) is 4.15. The molecule has 18 heavy (non-hydrogen) atoms. The minimum Gasteiger partial charge on any atom is -0.350 e. The van der Waals surface area contributed by atoms with Crippen LogP contribution in [0.5, 0.6) is 0 Å². The maximum atomic E-state index is 12.9. The molecule has 2 heterocycles. The van der Waals surface area contributed by atoms with Gasteiger partial charge in [-0.3, -0.25) is 10.1 Å². The smallest absolute Gasteiger partial charge is 0.262 e. The molecule has 1 aromatic rings. The molecule has 1 amide bonds. The zero-order valence-electron chi connectivity index (χ0n) is 9.21. The highest BCUT2D eigenvalue weighted by Crippen LogP contribution is 2.25. The Kier molecular flexibility index (Phi) is 5.51. The zero-order chi connectivity index (χ0) is 12.5. The van der Waals surface area contributed by atoms with Gasteiger partial charge in [0.25, 0.3) is 5.92 Å². The highest BCUT2D eigenvalue weighted by atomic mass is 79.9. The van der Waals surface area contributed by atoms with Crippen molar-refractivity contribution in [2.75, 3.05) is 6.54 Å². The van der Waals surface area contributed by atoms with Crippen molar-refractivity contribution in [3.63, 3.8) is 0 Å². The van der Waals surface area contributed by atoms with Gasteiger partial charge in [-0.05, 0) is 28.1 Å². The van der Waals surface area contributed by atoms with E-state index in [2.05, 4.69) is 26.6 Å². The second-order valence-electron chi connectivity index (χ2n) is 3.92. The van der Waals surface area contributed by atoms with Crippen LogP contribution in [0.4, 0.5) is 8.78 Å². The first-order chi connectivity index (χ1) is 7.96. The lowest BCUT2D eigenvalue weighted by Crippen LogP contribution is -2.39. The molecule has 2 rings (SSSR count). The fourth-order valence-corrected chi connectivity index (χ4v) is 3.07. The number of nitrogens with one attached hydrogen (secondary N) is 2. The number of rotatable bonds is 3. The van der Waals surface area contributed by atoms with Crippen LogP contribution in [0.15, 0.2) is 15.9 Å². The average Bonchev–Trinajstić information content (AvgIpc) is 2.81. The van der Waals surface area contributed by atoms with Crippen molar-refractivity contribution in [3.8, 4) is 0 Å². The molecule has 3 nitrogen and oxygen atoms in total. The van der Waals surface area contributed by atoms with E-state index in [1.165, 1.54) is 11.3 Å². The molecule has 1 aliphatic rings. The van der Waals surface area contributed by atoms with Crippen molar-refractivity contribution in [1.29, 1.82) is 0 Å². The number of carbonyl (C=O) groups is 1. The molecule has 1 saturated heterocycles. The number of carbonyl (C=O) groups excluding carboxylic acids is 1. The monoisotopic (exact) mass is 360 g/mol. The fraction of sp³-hybridized carbons (Fsp3) is 0.500. The first-order valence-electron chi connectivity index (χ1n) is 5.09. The van der Waals surface area contributed by atoms with Crippen molar-refractivity contribution >= 4 is 45.6 Å². The summed E-state index contributed by atoms with van der Waals surface area (Å²) in [6, 6.07) is 2.98. The normalized spacial score (nSPS) is 21.4. The number of alkyl halides is 2. The van der Waals surface area contributed by atoms with Gasteiger partial charge in [0.15, 0.2) is 0 Å². The van der Waals surface area contributed by atoms with Crippen LogP contribution in [0.25, 0.3) is 0 Å². The Hall–Kier alpha value is -0.240.